The number of pyridine rings is 1. The Balaban J connectivity index is 1.50. The molecule has 0 radical (unpaired) electrons. The number of aromatic nitrogens is 2. The number of rotatable bonds is 5. The molecular formula is C21H17Cl2FN4O3. The summed E-state index contributed by atoms with van der Waals surface area (Å²) in [5.74, 6) is -1.32. The molecule has 7 nitrogen and oxygen atoms in total. The number of H-pyrrole nitrogens is 1. The number of nitrogens with one attached hydrogen (secondary N) is 2. The fraction of sp³-hybridized carbons (Fsp3) is 0.190. The summed E-state index contributed by atoms with van der Waals surface area (Å²) in [4.78, 5) is 34.5. The zero-order valence-corrected chi connectivity index (χ0v) is 17.6. The third-order valence-electron chi connectivity index (χ3n) is 4.80. The van der Waals surface area contributed by atoms with Crippen LogP contribution in [0.25, 0.3) is 0 Å². The summed E-state index contributed by atoms with van der Waals surface area (Å²) in [7, 11) is 0. The second kappa shape index (κ2) is 9.05. The Morgan fingerprint density at radius 3 is 2.65 bits per heavy atom. The summed E-state index contributed by atoms with van der Waals surface area (Å²) in [5.41, 5.74) is 0.418. The number of anilines is 2. The Morgan fingerprint density at radius 1 is 1.13 bits per heavy atom. The summed E-state index contributed by atoms with van der Waals surface area (Å²) in [6.45, 7) is 2.67. The number of hydrogen-bond donors (Lipinski definition) is 2. The molecule has 1 aromatic carbocycles. The largest absolute Gasteiger partial charge is 0.378 e. The van der Waals surface area contributed by atoms with E-state index in [1.165, 1.54) is 24.4 Å². The van der Waals surface area contributed by atoms with Crippen molar-refractivity contribution in [1.29, 1.82) is 0 Å². The molecule has 31 heavy (non-hydrogen) atoms. The van der Waals surface area contributed by atoms with Gasteiger partial charge in [-0.1, -0.05) is 23.2 Å². The molecule has 160 valence electrons. The van der Waals surface area contributed by atoms with Crippen LogP contribution >= 0.6 is 23.2 Å². The predicted octanol–water partition coefficient (Wildman–Crippen LogP) is 4.18. The number of hydrogen-bond acceptors (Lipinski definition) is 5. The van der Waals surface area contributed by atoms with Gasteiger partial charge in [0.25, 0.3) is 5.91 Å². The number of ketones is 1. The number of carbonyl (C=O) groups excluding carboxylic acids is 2. The van der Waals surface area contributed by atoms with Crippen molar-refractivity contribution in [3.05, 3.63) is 75.4 Å². The topological polar surface area (TPSA) is 87.3 Å². The van der Waals surface area contributed by atoms with Gasteiger partial charge in [-0.2, -0.15) is 0 Å². The highest BCUT2D eigenvalue weighted by Gasteiger charge is 2.22. The first-order valence-electron chi connectivity index (χ1n) is 9.41. The van der Waals surface area contributed by atoms with E-state index in [9.17, 15) is 14.0 Å². The fourth-order valence-electron chi connectivity index (χ4n) is 3.20. The number of amides is 1. The summed E-state index contributed by atoms with van der Waals surface area (Å²) in [6.07, 6.45) is 2.92. The van der Waals surface area contributed by atoms with Crippen molar-refractivity contribution < 1.29 is 18.7 Å². The third kappa shape index (κ3) is 4.56. The summed E-state index contributed by atoms with van der Waals surface area (Å²) in [6, 6.07) is 7.37. The monoisotopic (exact) mass is 462 g/mol. The van der Waals surface area contributed by atoms with Crippen molar-refractivity contribution in [3.63, 3.8) is 0 Å². The van der Waals surface area contributed by atoms with Gasteiger partial charge in [0.1, 0.15) is 11.5 Å². The highest BCUT2D eigenvalue weighted by molar-refractivity contribution is 6.37. The van der Waals surface area contributed by atoms with E-state index in [-0.39, 0.29) is 26.9 Å². The van der Waals surface area contributed by atoms with E-state index in [0.717, 1.165) is 18.9 Å². The molecule has 0 spiro atoms. The van der Waals surface area contributed by atoms with Gasteiger partial charge in [-0.15, -0.1) is 0 Å². The lowest BCUT2D eigenvalue weighted by atomic mass is 10.0. The van der Waals surface area contributed by atoms with Crippen LogP contribution in [-0.2, 0) is 4.74 Å². The van der Waals surface area contributed by atoms with Gasteiger partial charge < -0.3 is 19.9 Å². The minimum atomic E-state index is -0.904. The molecule has 2 aromatic heterocycles. The van der Waals surface area contributed by atoms with E-state index in [0.29, 0.717) is 18.9 Å². The van der Waals surface area contributed by atoms with Crippen LogP contribution in [0.4, 0.5) is 15.9 Å². The molecule has 4 rings (SSSR count). The lowest BCUT2D eigenvalue weighted by Gasteiger charge is -2.27. The van der Waals surface area contributed by atoms with Crippen molar-refractivity contribution in [2.45, 2.75) is 0 Å². The molecule has 3 heterocycles. The van der Waals surface area contributed by atoms with E-state index in [2.05, 4.69) is 20.2 Å². The molecule has 1 fully saturated rings. The van der Waals surface area contributed by atoms with Gasteiger partial charge in [-0.05, 0) is 24.3 Å². The maximum Gasteiger partial charge on any atom is 0.272 e. The third-order valence-corrected chi connectivity index (χ3v) is 5.41. The number of benzene rings is 1. The van der Waals surface area contributed by atoms with Crippen LogP contribution in [0.15, 0.2) is 42.7 Å². The Labute approximate surface area is 187 Å². The van der Waals surface area contributed by atoms with Crippen molar-refractivity contribution in [1.82, 2.24) is 9.97 Å². The minimum absolute atomic E-state index is 0.0634. The maximum atomic E-state index is 14.3. The lowest BCUT2D eigenvalue weighted by Crippen LogP contribution is -2.36. The average Bonchev–Trinajstić information content (AvgIpc) is 3.28. The van der Waals surface area contributed by atoms with Gasteiger partial charge in [0.2, 0.25) is 0 Å². The molecule has 10 heteroatoms. The van der Waals surface area contributed by atoms with Crippen molar-refractivity contribution in [3.8, 4) is 0 Å². The number of morpholine rings is 1. The summed E-state index contributed by atoms with van der Waals surface area (Å²) < 4.78 is 19.6. The molecule has 0 atom stereocenters. The van der Waals surface area contributed by atoms with Crippen LogP contribution in [0.5, 0.6) is 0 Å². The molecule has 0 unspecified atom stereocenters. The van der Waals surface area contributed by atoms with Crippen LogP contribution in [0, 0.1) is 5.82 Å². The predicted molar refractivity (Wildman–Crippen MR) is 116 cm³/mol. The molecule has 1 saturated heterocycles. The highest BCUT2D eigenvalue weighted by atomic mass is 35.5. The standard InChI is InChI=1S/C21H17Cl2FN4O3/c22-14-1-2-15(23)19(24)18(14)20(29)12-9-16(26-11-12)21(30)27-13-3-4-25-17(10-13)28-5-7-31-8-6-28/h1-4,9-11,26H,5-8H2,(H,25,27,30). The Kier molecular flexibility index (Phi) is 6.22. The van der Waals surface area contributed by atoms with Gasteiger partial charge in [0.15, 0.2) is 11.6 Å². The molecule has 0 saturated carbocycles. The zero-order valence-electron chi connectivity index (χ0n) is 16.1. The van der Waals surface area contributed by atoms with E-state index in [1.807, 2.05) is 0 Å². The first kappa shape index (κ1) is 21.3. The van der Waals surface area contributed by atoms with E-state index >= 15 is 0 Å². The van der Waals surface area contributed by atoms with Gasteiger partial charge in [-0.3, -0.25) is 9.59 Å². The molecule has 0 aliphatic carbocycles. The van der Waals surface area contributed by atoms with Crippen molar-refractivity contribution in [2.24, 2.45) is 0 Å². The molecule has 3 aromatic rings. The summed E-state index contributed by atoms with van der Waals surface area (Å²) >= 11 is 11.7. The first-order valence-corrected chi connectivity index (χ1v) is 10.2. The number of ether oxygens (including phenoxy) is 1. The average molecular weight is 463 g/mol. The van der Waals surface area contributed by atoms with Crippen LogP contribution in [-0.4, -0.2) is 48.0 Å². The normalized spacial score (nSPS) is 13.8. The van der Waals surface area contributed by atoms with Crippen LogP contribution in [0.2, 0.25) is 10.0 Å². The minimum Gasteiger partial charge on any atom is -0.378 e. The second-order valence-electron chi connectivity index (χ2n) is 6.81. The number of carbonyl (C=O) groups is 2. The summed E-state index contributed by atoms with van der Waals surface area (Å²) in [5, 5.41) is 2.48. The Morgan fingerprint density at radius 2 is 1.87 bits per heavy atom. The van der Waals surface area contributed by atoms with Gasteiger partial charge in [0.05, 0.1) is 28.8 Å². The highest BCUT2D eigenvalue weighted by Crippen LogP contribution is 2.28. The van der Waals surface area contributed by atoms with Crippen LogP contribution < -0.4 is 10.2 Å². The van der Waals surface area contributed by atoms with Crippen molar-refractivity contribution >= 4 is 46.4 Å². The second-order valence-corrected chi connectivity index (χ2v) is 7.62. The molecule has 1 amide bonds. The van der Waals surface area contributed by atoms with Crippen LogP contribution in [0.1, 0.15) is 26.4 Å². The van der Waals surface area contributed by atoms with Gasteiger partial charge in [-0.25, -0.2) is 9.37 Å². The van der Waals surface area contributed by atoms with Gasteiger partial charge in [0, 0.05) is 42.8 Å². The molecule has 2 N–H and O–H groups in total. The molecule has 0 bridgehead atoms. The Bertz CT molecular complexity index is 1150. The molecular weight excluding hydrogens is 446 g/mol. The molecule has 1 aliphatic heterocycles. The SMILES string of the molecule is O=C(Nc1ccnc(N2CCOCC2)c1)c1cc(C(=O)c2c(Cl)ccc(Cl)c2F)c[nH]1. The van der Waals surface area contributed by atoms with Crippen LogP contribution in [0.3, 0.4) is 0 Å². The fourth-order valence-corrected chi connectivity index (χ4v) is 3.59. The van der Waals surface area contributed by atoms with Crippen molar-refractivity contribution in [2.75, 3.05) is 36.5 Å². The first-order chi connectivity index (χ1) is 14.9. The number of aromatic amines is 1. The maximum absolute atomic E-state index is 14.3. The Hall–Kier alpha value is -2.94. The van der Waals surface area contributed by atoms with E-state index in [4.69, 9.17) is 27.9 Å². The lowest BCUT2D eigenvalue weighted by molar-refractivity contribution is 0.102. The quantitative estimate of drug-likeness (QED) is 0.438. The van der Waals surface area contributed by atoms with Gasteiger partial charge >= 0.3 is 0 Å². The van der Waals surface area contributed by atoms with E-state index < -0.39 is 17.5 Å². The smallest absolute Gasteiger partial charge is 0.272 e. The number of nitrogens with zero attached hydrogens (tertiary/aromatic N) is 2. The molecule has 1 aliphatic rings. The number of halogens is 3. The zero-order chi connectivity index (χ0) is 22.0. The van der Waals surface area contributed by atoms with E-state index in [1.54, 1.807) is 18.3 Å².